The van der Waals surface area contributed by atoms with Crippen molar-refractivity contribution in [2.75, 3.05) is 36.9 Å². The SMILES string of the molecule is CC(=O)c1cocc1-c1cc(N)ccc1N(CCO)CCO. The fourth-order valence-electron chi connectivity index (χ4n) is 2.42. The van der Waals surface area contributed by atoms with Gasteiger partial charge in [-0.1, -0.05) is 0 Å². The van der Waals surface area contributed by atoms with Gasteiger partial charge in [-0.2, -0.15) is 0 Å². The van der Waals surface area contributed by atoms with Crippen molar-refractivity contribution in [2.24, 2.45) is 0 Å². The smallest absolute Gasteiger partial charge is 0.163 e. The molecule has 0 saturated carbocycles. The monoisotopic (exact) mass is 304 g/mol. The fraction of sp³-hybridized carbons (Fsp3) is 0.312. The number of Topliss-reactive ketones (excluding diaryl/α,β-unsaturated/α-hetero) is 1. The maximum absolute atomic E-state index is 11.7. The van der Waals surface area contributed by atoms with Crippen molar-refractivity contribution in [3.05, 3.63) is 36.3 Å². The lowest BCUT2D eigenvalue weighted by Crippen LogP contribution is -2.30. The summed E-state index contributed by atoms with van der Waals surface area (Å²) in [5, 5.41) is 18.4. The summed E-state index contributed by atoms with van der Waals surface area (Å²) in [4.78, 5) is 13.6. The van der Waals surface area contributed by atoms with Crippen molar-refractivity contribution in [1.82, 2.24) is 0 Å². The minimum absolute atomic E-state index is 0.0469. The van der Waals surface area contributed by atoms with E-state index < -0.39 is 0 Å². The Morgan fingerprint density at radius 3 is 2.45 bits per heavy atom. The first-order valence-corrected chi connectivity index (χ1v) is 7.02. The Bertz CT molecular complexity index is 645. The van der Waals surface area contributed by atoms with Gasteiger partial charge in [-0.05, 0) is 25.1 Å². The molecule has 0 saturated heterocycles. The molecule has 6 nitrogen and oxygen atoms in total. The van der Waals surface area contributed by atoms with Crippen LogP contribution in [-0.4, -0.2) is 42.3 Å². The summed E-state index contributed by atoms with van der Waals surface area (Å²) in [5.74, 6) is -0.104. The van der Waals surface area contributed by atoms with Crippen LogP contribution in [0.1, 0.15) is 17.3 Å². The number of ketones is 1. The Kier molecular flexibility index (Phi) is 5.19. The van der Waals surface area contributed by atoms with Crippen molar-refractivity contribution in [3.8, 4) is 11.1 Å². The third kappa shape index (κ3) is 3.29. The summed E-state index contributed by atoms with van der Waals surface area (Å²) >= 11 is 0. The van der Waals surface area contributed by atoms with E-state index in [4.69, 9.17) is 10.2 Å². The van der Waals surface area contributed by atoms with Crippen molar-refractivity contribution in [3.63, 3.8) is 0 Å². The molecule has 0 bridgehead atoms. The lowest BCUT2D eigenvalue weighted by atomic mass is 9.99. The Morgan fingerprint density at radius 1 is 1.18 bits per heavy atom. The van der Waals surface area contributed by atoms with Crippen LogP contribution in [0.3, 0.4) is 0 Å². The number of nitrogens with zero attached hydrogens (tertiary/aromatic N) is 1. The van der Waals surface area contributed by atoms with Gasteiger partial charge in [-0.25, -0.2) is 0 Å². The zero-order chi connectivity index (χ0) is 16.1. The predicted octanol–water partition coefficient (Wildman–Crippen LogP) is 1.52. The van der Waals surface area contributed by atoms with E-state index in [2.05, 4.69) is 0 Å². The van der Waals surface area contributed by atoms with Gasteiger partial charge >= 0.3 is 0 Å². The third-order valence-corrected chi connectivity index (χ3v) is 3.43. The molecule has 1 aromatic heterocycles. The minimum atomic E-state index is -0.104. The van der Waals surface area contributed by atoms with Gasteiger partial charge in [-0.15, -0.1) is 0 Å². The van der Waals surface area contributed by atoms with E-state index in [0.717, 1.165) is 11.3 Å². The Balaban J connectivity index is 2.56. The van der Waals surface area contributed by atoms with E-state index in [1.54, 1.807) is 12.1 Å². The van der Waals surface area contributed by atoms with Crippen molar-refractivity contribution >= 4 is 17.2 Å². The summed E-state index contributed by atoms with van der Waals surface area (Å²) in [5.41, 5.74) is 9.07. The number of aliphatic hydroxyl groups is 2. The van der Waals surface area contributed by atoms with E-state index in [1.165, 1.54) is 19.5 Å². The number of hydrogen-bond donors (Lipinski definition) is 3. The molecular formula is C16H20N2O4. The van der Waals surface area contributed by atoms with Crippen LogP contribution in [0.5, 0.6) is 0 Å². The zero-order valence-corrected chi connectivity index (χ0v) is 12.5. The van der Waals surface area contributed by atoms with Crippen molar-refractivity contribution in [1.29, 1.82) is 0 Å². The van der Waals surface area contributed by atoms with Gasteiger partial charge in [-0.3, -0.25) is 4.79 Å². The number of carbonyl (C=O) groups excluding carboxylic acids is 1. The number of anilines is 2. The maximum atomic E-state index is 11.7. The average Bonchev–Trinajstić information content (AvgIpc) is 2.96. The topological polar surface area (TPSA) is 99.9 Å². The van der Waals surface area contributed by atoms with Crippen LogP contribution in [0.2, 0.25) is 0 Å². The predicted molar refractivity (Wildman–Crippen MR) is 84.9 cm³/mol. The summed E-state index contributed by atoms with van der Waals surface area (Å²) < 4.78 is 5.18. The average molecular weight is 304 g/mol. The Labute approximate surface area is 128 Å². The summed E-state index contributed by atoms with van der Waals surface area (Å²) in [6.07, 6.45) is 2.91. The van der Waals surface area contributed by atoms with E-state index in [0.29, 0.717) is 29.9 Å². The van der Waals surface area contributed by atoms with Crippen LogP contribution >= 0.6 is 0 Å². The number of aliphatic hydroxyl groups excluding tert-OH is 2. The number of benzene rings is 1. The van der Waals surface area contributed by atoms with Crippen LogP contribution in [0, 0.1) is 0 Å². The van der Waals surface area contributed by atoms with Crippen LogP contribution in [0.4, 0.5) is 11.4 Å². The van der Waals surface area contributed by atoms with Crippen LogP contribution in [0.15, 0.2) is 35.1 Å². The van der Waals surface area contributed by atoms with Crippen molar-refractivity contribution < 1.29 is 19.4 Å². The highest BCUT2D eigenvalue weighted by Crippen LogP contribution is 2.35. The normalized spacial score (nSPS) is 10.7. The van der Waals surface area contributed by atoms with Gasteiger partial charge in [0.05, 0.1) is 25.0 Å². The molecule has 0 amide bonds. The quantitative estimate of drug-likeness (QED) is 0.530. The zero-order valence-electron chi connectivity index (χ0n) is 12.5. The molecular weight excluding hydrogens is 284 g/mol. The number of furan rings is 1. The summed E-state index contributed by atoms with van der Waals surface area (Å²) in [6, 6.07) is 5.31. The van der Waals surface area contributed by atoms with Gasteiger partial charge in [0.1, 0.15) is 6.26 Å². The molecule has 0 fully saturated rings. The summed E-state index contributed by atoms with van der Waals surface area (Å²) in [7, 11) is 0. The molecule has 0 aliphatic rings. The molecule has 1 heterocycles. The maximum Gasteiger partial charge on any atom is 0.163 e. The van der Waals surface area contributed by atoms with Gasteiger partial charge < -0.3 is 25.3 Å². The summed E-state index contributed by atoms with van der Waals surface area (Å²) in [6.45, 7) is 2.11. The van der Waals surface area contributed by atoms with Crippen LogP contribution < -0.4 is 10.6 Å². The largest absolute Gasteiger partial charge is 0.471 e. The van der Waals surface area contributed by atoms with Gasteiger partial charge in [0.15, 0.2) is 5.78 Å². The van der Waals surface area contributed by atoms with Gasteiger partial charge in [0.25, 0.3) is 0 Å². The molecule has 0 aliphatic carbocycles. The van der Waals surface area contributed by atoms with Crippen LogP contribution in [-0.2, 0) is 0 Å². The van der Waals surface area contributed by atoms with E-state index in [1.807, 2.05) is 11.0 Å². The van der Waals surface area contributed by atoms with Crippen LogP contribution in [0.25, 0.3) is 11.1 Å². The molecule has 22 heavy (non-hydrogen) atoms. The van der Waals surface area contributed by atoms with Gasteiger partial charge in [0.2, 0.25) is 0 Å². The highest BCUT2D eigenvalue weighted by Gasteiger charge is 2.18. The number of carbonyl (C=O) groups is 1. The Morgan fingerprint density at radius 2 is 1.86 bits per heavy atom. The molecule has 0 spiro atoms. The standard InChI is InChI=1S/C16H20N2O4/c1-11(21)14-9-22-10-15(14)13-8-12(17)2-3-16(13)18(4-6-19)5-7-20/h2-3,8-10,19-20H,4-7,17H2,1H3. The van der Waals surface area contributed by atoms with Gasteiger partial charge in [0, 0.05) is 35.6 Å². The highest BCUT2D eigenvalue weighted by molar-refractivity contribution is 6.02. The molecule has 1 aromatic carbocycles. The molecule has 0 unspecified atom stereocenters. The Hall–Kier alpha value is -2.31. The molecule has 2 rings (SSSR count). The van der Waals surface area contributed by atoms with E-state index >= 15 is 0 Å². The molecule has 2 aromatic rings. The molecule has 0 aliphatic heterocycles. The third-order valence-electron chi connectivity index (χ3n) is 3.43. The molecule has 0 atom stereocenters. The molecule has 0 radical (unpaired) electrons. The number of nitrogen functional groups attached to an aromatic ring is 1. The first kappa shape index (κ1) is 16.1. The van der Waals surface area contributed by atoms with Crippen molar-refractivity contribution in [2.45, 2.75) is 6.92 Å². The fourth-order valence-corrected chi connectivity index (χ4v) is 2.42. The van der Waals surface area contributed by atoms with E-state index in [9.17, 15) is 15.0 Å². The molecule has 6 heteroatoms. The lowest BCUT2D eigenvalue weighted by molar-refractivity contribution is 0.101. The molecule has 118 valence electrons. The first-order chi connectivity index (χ1) is 10.6. The first-order valence-electron chi connectivity index (χ1n) is 7.02. The molecule has 4 N–H and O–H groups in total. The second-order valence-electron chi connectivity index (χ2n) is 4.97. The lowest BCUT2D eigenvalue weighted by Gasteiger charge is -2.26. The second-order valence-corrected chi connectivity index (χ2v) is 4.97. The number of rotatable bonds is 7. The minimum Gasteiger partial charge on any atom is -0.471 e. The number of nitrogens with two attached hydrogens (primary N) is 1. The number of hydrogen-bond acceptors (Lipinski definition) is 6. The highest BCUT2D eigenvalue weighted by atomic mass is 16.3. The van der Waals surface area contributed by atoms with E-state index in [-0.39, 0.29) is 19.0 Å². The second kappa shape index (κ2) is 7.11.